The molecule has 0 saturated carbocycles. The second-order valence-electron chi connectivity index (χ2n) is 8.90. The third-order valence-corrected chi connectivity index (χ3v) is 6.80. The SMILES string of the molecule is COc1cc(C=C2CCC3CCCC(c4ccccc4F)N3C2=O)ccc1-n1cnc(C)c1. The lowest BCUT2D eigenvalue weighted by molar-refractivity contribution is -0.136. The smallest absolute Gasteiger partial charge is 0.250 e. The van der Waals surface area contributed by atoms with Crippen LogP contribution < -0.4 is 4.74 Å². The average Bonchev–Trinajstić information content (AvgIpc) is 3.27. The van der Waals surface area contributed by atoms with Crippen molar-refractivity contribution in [3.63, 3.8) is 0 Å². The van der Waals surface area contributed by atoms with Gasteiger partial charge in [0.05, 0.1) is 30.9 Å². The molecular weight excluding hydrogens is 417 g/mol. The van der Waals surface area contributed by atoms with E-state index in [1.807, 2.05) is 59.0 Å². The molecule has 2 aliphatic rings. The highest BCUT2D eigenvalue weighted by Gasteiger charge is 2.40. The van der Waals surface area contributed by atoms with Gasteiger partial charge in [-0.2, -0.15) is 0 Å². The van der Waals surface area contributed by atoms with Gasteiger partial charge in [0, 0.05) is 23.4 Å². The van der Waals surface area contributed by atoms with Gasteiger partial charge in [-0.25, -0.2) is 9.37 Å². The van der Waals surface area contributed by atoms with Crippen LogP contribution in [0.15, 0.2) is 60.6 Å². The molecule has 2 unspecified atom stereocenters. The van der Waals surface area contributed by atoms with E-state index in [1.54, 1.807) is 19.5 Å². The van der Waals surface area contributed by atoms with Crippen molar-refractivity contribution in [2.75, 3.05) is 7.11 Å². The topological polar surface area (TPSA) is 47.4 Å². The van der Waals surface area contributed by atoms with E-state index in [0.717, 1.165) is 54.6 Å². The summed E-state index contributed by atoms with van der Waals surface area (Å²) < 4.78 is 22.1. The van der Waals surface area contributed by atoms with Crippen molar-refractivity contribution in [3.8, 4) is 11.4 Å². The van der Waals surface area contributed by atoms with Crippen LogP contribution in [0.5, 0.6) is 5.75 Å². The van der Waals surface area contributed by atoms with E-state index in [9.17, 15) is 9.18 Å². The number of piperidine rings is 2. The van der Waals surface area contributed by atoms with E-state index >= 15 is 0 Å². The van der Waals surface area contributed by atoms with Crippen molar-refractivity contribution in [1.82, 2.24) is 14.5 Å². The number of amides is 1. The van der Waals surface area contributed by atoms with Crippen molar-refractivity contribution in [2.45, 2.75) is 51.1 Å². The lowest BCUT2D eigenvalue weighted by Gasteiger charge is -2.46. The number of hydrogen-bond acceptors (Lipinski definition) is 3. The molecular formula is C27H28FN3O2. The minimum absolute atomic E-state index is 0.0208. The highest BCUT2D eigenvalue weighted by atomic mass is 19.1. The van der Waals surface area contributed by atoms with Crippen LogP contribution in [0.4, 0.5) is 4.39 Å². The third kappa shape index (κ3) is 4.06. The summed E-state index contributed by atoms with van der Waals surface area (Å²) in [5.74, 6) is 0.500. The minimum atomic E-state index is -0.234. The first-order valence-electron chi connectivity index (χ1n) is 11.5. The van der Waals surface area contributed by atoms with Gasteiger partial charge in [0.2, 0.25) is 0 Å². The first kappa shape index (κ1) is 21.4. The number of ether oxygens (including phenoxy) is 1. The molecule has 0 radical (unpaired) electrons. The predicted octanol–water partition coefficient (Wildman–Crippen LogP) is 5.63. The first-order valence-corrected chi connectivity index (χ1v) is 11.5. The van der Waals surface area contributed by atoms with E-state index in [4.69, 9.17) is 4.74 Å². The molecule has 0 N–H and O–H groups in total. The lowest BCUT2D eigenvalue weighted by Crippen LogP contribution is -2.49. The van der Waals surface area contributed by atoms with Gasteiger partial charge >= 0.3 is 0 Å². The molecule has 2 atom stereocenters. The second kappa shape index (κ2) is 8.85. The quantitative estimate of drug-likeness (QED) is 0.489. The van der Waals surface area contributed by atoms with Crippen LogP contribution in [-0.2, 0) is 4.79 Å². The molecule has 2 aliphatic heterocycles. The molecule has 5 rings (SSSR count). The Balaban J connectivity index is 1.46. The van der Waals surface area contributed by atoms with E-state index < -0.39 is 0 Å². The van der Waals surface area contributed by atoms with Gasteiger partial charge < -0.3 is 14.2 Å². The number of aryl methyl sites for hydroxylation is 1. The number of hydrogen-bond donors (Lipinski definition) is 0. The summed E-state index contributed by atoms with van der Waals surface area (Å²) in [5, 5.41) is 0. The molecule has 1 amide bonds. The fourth-order valence-corrected chi connectivity index (χ4v) is 5.20. The molecule has 2 saturated heterocycles. The van der Waals surface area contributed by atoms with Crippen molar-refractivity contribution in [2.24, 2.45) is 0 Å². The summed E-state index contributed by atoms with van der Waals surface area (Å²) in [6.45, 7) is 1.94. The number of rotatable bonds is 4. The Morgan fingerprint density at radius 1 is 1.15 bits per heavy atom. The van der Waals surface area contributed by atoms with Crippen LogP contribution in [0.2, 0.25) is 0 Å². The molecule has 33 heavy (non-hydrogen) atoms. The monoisotopic (exact) mass is 445 g/mol. The van der Waals surface area contributed by atoms with Crippen LogP contribution in [0.3, 0.4) is 0 Å². The summed E-state index contributed by atoms with van der Waals surface area (Å²) in [4.78, 5) is 19.8. The van der Waals surface area contributed by atoms with Crippen molar-refractivity contribution in [1.29, 1.82) is 0 Å². The van der Waals surface area contributed by atoms with Crippen LogP contribution >= 0.6 is 0 Å². The first-order chi connectivity index (χ1) is 16.0. The van der Waals surface area contributed by atoms with Gasteiger partial charge in [-0.1, -0.05) is 24.3 Å². The fourth-order valence-electron chi connectivity index (χ4n) is 5.20. The number of fused-ring (bicyclic) bond motifs is 1. The van der Waals surface area contributed by atoms with Crippen LogP contribution in [-0.4, -0.2) is 33.5 Å². The zero-order chi connectivity index (χ0) is 22.9. The Hall–Kier alpha value is -3.41. The van der Waals surface area contributed by atoms with Gasteiger partial charge in [0.1, 0.15) is 11.6 Å². The third-order valence-electron chi connectivity index (χ3n) is 6.80. The molecule has 170 valence electrons. The van der Waals surface area contributed by atoms with Gasteiger partial charge in [-0.15, -0.1) is 0 Å². The van der Waals surface area contributed by atoms with Crippen LogP contribution in [0.1, 0.15) is 55.0 Å². The Bertz CT molecular complexity index is 1220. The molecule has 5 nitrogen and oxygen atoms in total. The van der Waals surface area contributed by atoms with Crippen LogP contribution in [0.25, 0.3) is 11.8 Å². The van der Waals surface area contributed by atoms with Crippen molar-refractivity contribution in [3.05, 3.63) is 83.2 Å². The second-order valence-corrected chi connectivity index (χ2v) is 8.90. The number of methoxy groups -OCH3 is 1. The number of imidazole rings is 1. The zero-order valence-corrected chi connectivity index (χ0v) is 19.0. The maximum absolute atomic E-state index is 14.6. The largest absolute Gasteiger partial charge is 0.495 e. The van der Waals surface area contributed by atoms with Crippen LogP contribution in [0, 0.1) is 12.7 Å². The Kier molecular flexibility index (Phi) is 5.75. The highest BCUT2D eigenvalue weighted by molar-refractivity contribution is 5.99. The molecule has 0 bridgehead atoms. The molecule has 0 spiro atoms. The average molecular weight is 446 g/mol. The Morgan fingerprint density at radius 3 is 2.76 bits per heavy atom. The van der Waals surface area contributed by atoms with E-state index in [0.29, 0.717) is 11.3 Å². The number of aromatic nitrogens is 2. The summed E-state index contributed by atoms with van der Waals surface area (Å²) in [6.07, 6.45) is 10.1. The van der Waals surface area contributed by atoms with Gasteiger partial charge in [0.15, 0.2) is 0 Å². The number of halogens is 1. The summed E-state index contributed by atoms with van der Waals surface area (Å²) in [7, 11) is 1.64. The number of nitrogens with zero attached hydrogens (tertiary/aromatic N) is 3. The molecule has 3 heterocycles. The van der Waals surface area contributed by atoms with Gasteiger partial charge in [0.25, 0.3) is 5.91 Å². The highest BCUT2D eigenvalue weighted by Crippen LogP contribution is 2.41. The molecule has 2 fully saturated rings. The molecule has 3 aromatic rings. The van der Waals surface area contributed by atoms with Crippen molar-refractivity contribution >= 4 is 12.0 Å². The molecule has 2 aromatic carbocycles. The zero-order valence-electron chi connectivity index (χ0n) is 19.0. The summed E-state index contributed by atoms with van der Waals surface area (Å²) >= 11 is 0. The number of benzene rings is 2. The summed E-state index contributed by atoms with van der Waals surface area (Å²) in [6, 6.07) is 12.7. The Labute approximate surface area is 193 Å². The predicted molar refractivity (Wildman–Crippen MR) is 126 cm³/mol. The standard InChI is InChI=1S/C27H28FN3O2/c1-18-16-30(17-29-18)25-13-10-19(15-26(25)33-2)14-20-11-12-21-6-5-9-24(31(21)27(20)32)22-7-3-4-8-23(22)28/h3-4,7-8,10,13-17,21,24H,5-6,9,11-12H2,1-2H3. The maximum atomic E-state index is 14.6. The van der Waals surface area contributed by atoms with Crippen molar-refractivity contribution < 1.29 is 13.9 Å². The Morgan fingerprint density at radius 2 is 2.00 bits per heavy atom. The van der Waals surface area contributed by atoms with Gasteiger partial charge in [-0.3, -0.25) is 4.79 Å². The number of carbonyl (C=O) groups excluding carboxylic acids is 1. The number of carbonyl (C=O) groups is 1. The molecule has 6 heteroatoms. The maximum Gasteiger partial charge on any atom is 0.250 e. The minimum Gasteiger partial charge on any atom is -0.495 e. The normalized spacial score (nSPS) is 21.8. The molecule has 1 aromatic heterocycles. The fraction of sp³-hybridized carbons (Fsp3) is 0.333. The molecule has 0 aliphatic carbocycles. The van der Waals surface area contributed by atoms with E-state index in [2.05, 4.69) is 4.98 Å². The van der Waals surface area contributed by atoms with E-state index in [-0.39, 0.29) is 23.8 Å². The van der Waals surface area contributed by atoms with Gasteiger partial charge in [-0.05, 0) is 68.9 Å². The summed E-state index contributed by atoms with van der Waals surface area (Å²) in [5.41, 5.74) is 4.12. The lowest BCUT2D eigenvalue weighted by atomic mass is 9.83. The van der Waals surface area contributed by atoms with E-state index in [1.165, 1.54) is 6.07 Å².